The van der Waals surface area contributed by atoms with Crippen molar-refractivity contribution in [2.75, 3.05) is 0 Å². The second-order valence-electron chi connectivity index (χ2n) is 3.47. The van der Waals surface area contributed by atoms with Gasteiger partial charge in [0.2, 0.25) is 0 Å². The molecule has 0 saturated carbocycles. The molecule has 0 atom stereocenters. The lowest BCUT2D eigenvalue weighted by molar-refractivity contribution is -0.702. The third-order valence-corrected chi connectivity index (χ3v) is 1.58. The Morgan fingerprint density at radius 1 is 1.45 bits per heavy atom. The van der Waals surface area contributed by atoms with Crippen molar-refractivity contribution >= 4 is 0 Å². The van der Waals surface area contributed by atoms with Gasteiger partial charge in [-0.15, -0.1) is 0 Å². The van der Waals surface area contributed by atoms with E-state index in [1.54, 1.807) is 0 Å². The molecule has 0 radical (unpaired) electrons. The lowest BCUT2D eigenvalue weighted by Gasteiger charge is -1.99. The predicted molar refractivity (Wildman–Crippen MR) is 46.2 cm³/mol. The largest absolute Gasteiger partial charge is 0.205 e. The highest BCUT2D eigenvalue weighted by Crippen LogP contribution is 1.93. The summed E-state index contributed by atoms with van der Waals surface area (Å²) in [5.74, 6) is 0.724. The van der Waals surface area contributed by atoms with Crippen molar-refractivity contribution in [3.05, 3.63) is 30.1 Å². The number of hydrogen-bond acceptors (Lipinski definition) is 0. The van der Waals surface area contributed by atoms with Crippen LogP contribution in [0.25, 0.3) is 0 Å². The molecule has 1 heteroatoms. The van der Waals surface area contributed by atoms with E-state index < -0.39 is 0 Å². The van der Waals surface area contributed by atoms with E-state index in [2.05, 4.69) is 49.9 Å². The maximum Gasteiger partial charge on any atom is 0.171 e. The summed E-state index contributed by atoms with van der Waals surface area (Å²) >= 11 is 0. The van der Waals surface area contributed by atoms with Crippen LogP contribution in [0.4, 0.5) is 0 Å². The van der Waals surface area contributed by atoms with Crippen LogP contribution in [-0.4, -0.2) is 0 Å². The molecule has 0 fully saturated rings. The van der Waals surface area contributed by atoms with Crippen molar-refractivity contribution in [3.8, 4) is 0 Å². The van der Waals surface area contributed by atoms with Crippen LogP contribution in [-0.2, 0) is 6.54 Å². The molecule has 11 heavy (non-hydrogen) atoms. The Kier molecular flexibility index (Phi) is 2.64. The molecule has 1 heterocycles. The minimum atomic E-state index is 0.724. The van der Waals surface area contributed by atoms with Crippen molar-refractivity contribution < 1.29 is 4.57 Å². The Bertz CT molecular complexity index is 228. The summed E-state index contributed by atoms with van der Waals surface area (Å²) in [4.78, 5) is 0. The van der Waals surface area contributed by atoms with Crippen molar-refractivity contribution in [2.24, 2.45) is 5.92 Å². The first-order chi connectivity index (χ1) is 5.18. The molecule has 0 aromatic carbocycles. The van der Waals surface area contributed by atoms with Crippen LogP contribution < -0.4 is 4.57 Å². The molecule has 0 N–H and O–H groups in total. The third-order valence-electron chi connectivity index (χ3n) is 1.58. The number of aryl methyl sites for hydroxylation is 1. The quantitative estimate of drug-likeness (QED) is 0.567. The summed E-state index contributed by atoms with van der Waals surface area (Å²) in [7, 11) is 0. The van der Waals surface area contributed by atoms with Crippen molar-refractivity contribution in [1.29, 1.82) is 0 Å². The normalized spacial score (nSPS) is 10.5. The van der Waals surface area contributed by atoms with E-state index in [1.165, 1.54) is 5.56 Å². The van der Waals surface area contributed by atoms with Crippen LogP contribution >= 0.6 is 0 Å². The number of pyridine rings is 1. The molecule has 0 aliphatic carbocycles. The maximum atomic E-state index is 2.24. The highest BCUT2D eigenvalue weighted by molar-refractivity contribution is 5.01. The van der Waals surface area contributed by atoms with E-state index in [0.29, 0.717) is 0 Å². The van der Waals surface area contributed by atoms with Crippen LogP contribution in [0.15, 0.2) is 24.5 Å². The molecule has 0 saturated heterocycles. The van der Waals surface area contributed by atoms with E-state index in [4.69, 9.17) is 0 Å². The lowest BCUT2D eigenvalue weighted by Crippen LogP contribution is -2.35. The summed E-state index contributed by atoms with van der Waals surface area (Å²) < 4.78 is 2.24. The summed E-state index contributed by atoms with van der Waals surface area (Å²) in [6.07, 6.45) is 4.30. The summed E-state index contributed by atoms with van der Waals surface area (Å²) in [5, 5.41) is 0. The van der Waals surface area contributed by atoms with E-state index in [9.17, 15) is 0 Å². The fraction of sp³-hybridized carbons (Fsp3) is 0.500. The Morgan fingerprint density at radius 2 is 2.18 bits per heavy atom. The molecule has 60 valence electrons. The van der Waals surface area contributed by atoms with Crippen molar-refractivity contribution in [1.82, 2.24) is 0 Å². The van der Waals surface area contributed by atoms with Gasteiger partial charge in [-0.2, -0.15) is 0 Å². The number of rotatable bonds is 2. The Balaban J connectivity index is 2.71. The average molecular weight is 150 g/mol. The van der Waals surface area contributed by atoms with Crippen molar-refractivity contribution in [3.63, 3.8) is 0 Å². The Labute approximate surface area is 68.7 Å². The fourth-order valence-corrected chi connectivity index (χ4v) is 1.19. The highest BCUT2D eigenvalue weighted by atomic mass is 14.9. The zero-order valence-corrected chi connectivity index (χ0v) is 7.54. The minimum Gasteiger partial charge on any atom is -0.205 e. The summed E-state index contributed by atoms with van der Waals surface area (Å²) in [6.45, 7) is 7.70. The molecular formula is C10H16N+. The topological polar surface area (TPSA) is 3.88 Å². The standard InChI is InChI=1S/C10H16N/c1-9(2)7-11-6-4-5-10(3)8-11/h4-6,8-9H,7H2,1-3H3/q+1. The van der Waals surface area contributed by atoms with Gasteiger partial charge in [-0.05, 0) is 13.0 Å². The van der Waals surface area contributed by atoms with Crippen LogP contribution in [0.2, 0.25) is 0 Å². The van der Waals surface area contributed by atoms with Gasteiger partial charge >= 0.3 is 0 Å². The summed E-state index contributed by atoms with van der Waals surface area (Å²) in [6, 6.07) is 4.22. The van der Waals surface area contributed by atoms with E-state index >= 15 is 0 Å². The van der Waals surface area contributed by atoms with E-state index in [0.717, 1.165) is 12.5 Å². The smallest absolute Gasteiger partial charge is 0.171 e. The highest BCUT2D eigenvalue weighted by Gasteiger charge is 2.02. The second-order valence-corrected chi connectivity index (χ2v) is 3.47. The van der Waals surface area contributed by atoms with E-state index in [1.807, 2.05) is 0 Å². The van der Waals surface area contributed by atoms with Crippen LogP contribution in [0.1, 0.15) is 19.4 Å². The van der Waals surface area contributed by atoms with Gasteiger partial charge in [0, 0.05) is 17.5 Å². The SMILES string of the molecule is Cc1ccc[n+](CC(C)C)c1. The van der Waals surface area contributed by atoms with Gasteiger partial charge < -0.3 is 0 Å². The van der Waals surface area contributed by atoms with Crippen LogP contribution in [0.5, 0.6) is 0 Å². The van der Waals surface area contributed by atoms with Gasteiger partial charge in [0.15, 0.2) is 18.9 Å². The first-order valence-electron chi connectivity index (χ1n) is 4.14. The molecule has 0 amide bonds. The molecule has 0 unspecified atom stereocenters. The zero-order chi connectivity index (χ0) is 8.27. The van der Waals surface area contributed by atoms with Gasteiger partial charge in [-0.3, -0.25) is 0 Å². The first-order valence-corrected chi connectivity index (χ1v) is 4.14. The molecule has 0 bridgehead atoms. The van der Waals surface area contributed by atoms with Crippen molar-refractivity contribution in [2.45, 2.75) is 27.3 Å². The first kappa shape index (κ1) is 8.25. The summed E-state index contributed by atoms with van der Waals surface area (Å²) in [5.41, 5.74) is 1.33. The molecule has 1 rings (SSSR count). The monoisotopic (exact) mass is 150 g/mol. The molecule has 0 aliphatic heterocycles. The number of hydrogen-bond donors (Lipinski definition) is 0. The van der Waals surface area contributed by atoms with Gasteiger partial charge in [0.05, 0.1) is 0 Å². The minimum absolute atomic E-state index is 0.724. The van der Waals surface area contributed by atoms with Crippen LogP contribution in [0.3, 0.4) is 0 Å². The lowest BCUT2D eigenvalue weighted by atomic mass is 10.2. The van der Waals surface area contributed by atoms with Gasteiger partial charge in [0.1, 0.15) is 0 Å². The van der Waals surface area contributed by atoms with Crippen LogP contribution in [0, 0.1) is 12.8 Å². The van der Waals surface area contributed by atoms with E-state index in [-0.39, 0.29) is 0 Å². The molecule has 0 spiro atoms. The second kappa shape index (κ2) is 3.51. The Morgan fingerprint density at radius 3 is 2.73 bits per heavy atom. The predicted octanol–water partition coefficient (Wildman–Crippen LogP) is 1.94. The molecule has 1 aromatic rings. The van der Waals surface area contributed by atoms with Gasteiger partial charge in [-0.25, -0.2) is 4.57 Å². The average Bonchev–Trinajstić information content (AvgIpc) is 1.85. The molecule has 1 aromatic heterocycles. The zero-order valence-electron chi connectivity index (χ0n) is 7.54. The third kappa shape index (κ3) is 2.71. The Hall–Kier alpha value is -0.850. The number of aromatic nitrogens is 1. The molecule has 1 nitrogen and oxygen atoms in total. The fourth-order valence-electron chi connectivity index (χ4n) is 1.19. The van der Waals surface area contributed by atoms with Gasteiger partial charge in [-0.1, -0.05) is 13.8 Å². The van der Waals surface area contributed by atoms with Gasteiger partial charge in [0.25, 0.3) is 0 Å². The molecular weight excluding hydrogens is 134 g/mol. The maximum absolute atomic E-state index is 2.24. The number of nitrogens with zero attached hydrogens (tertiary/aromatic N) is 1. The molecule has 0 aliphatic rings.